The Morgan fingerprint density at radius 3 is 2.26 bits per heavy atom. The van der Waals surface area contributed by atoms with Crippen LogP contribution in [0.1, 0.15) is 17.3 Å². The molecule has 0 spiro atoms. The van der Waals surface area contributed by atoms with Gasteiger partial charge in [-0.05, 0) is 78.0 Å². The van der Waals surface area contributed by atoms with E-state index in [1.165, 1.54) is 0 Å². The van der Waals surface area contributed by atoms with Crippen LogP contribution in [0.4, 0.5) is 0 Å². The molecule has 1 atom stereocenters. The molecule has 0 bridgehead atoms. The molecule has 0 aliphatic heterocycles. The first kappa shape index (κ1) is 14.3. The highest BCUT2D eigenvalue weighted by atomic mass is 127. The minimum Gasteiger partial charge on any atom is -0.483 e. The van der Waals surface area contributed by atoms with E-state index < -0.39 is 6.10 Å². The third-order valence-electron chi connectivity index (χ3n) is 2.62. The third kappa shape index (κ3) is 3.94. The molecule has 98 valence electrons. The minimum atomic E-state index is -0.527. The highest BCUT2D eigenvalue weighted by molar-refractivity contribution is 14.1. The highest BCUT2D eigenvalue weighted by Crippen LogP contribution is 2.17. The predicted molar refractivity (Wildman–Crippen MR) is 85.0 cm³/mol. The molecule has 2 aromatic rings. The summed E-state index contributed by atoms with van der Waals surface area (Å²) in [7, 11) is 0. The molecule has 2 rings (SSSR count). The van der Waals surface area contributed by atoms with Gasteiger partial charge in [-0.25, -0.2) is 0 Å². The second kappa shape index (κ2) is 6.39. The number of ether oxygens (including phenoxy) is 1. The van der Waals surface area contributed by atoms with Gasteiger partial charge >= 0.3 is 0 Å². The van der Waals surface area contributed by atoms with E-state index in [4.69, 9.17) is 16.3 Å². The van der Waals surface area contributed by atoms with Crippen LogP contribution in [0.5, 0.6) is 5.75 Å². The van der Waals surface area contributed by atoms with Crippen LogP contribution in [0.3, 0.4) is 0 Å². The zero-order chi connectivity index (χ0) is 13.8. The molecule has 0 unspecified atom stereocenters. The zero-order valence-electron chi connectivity index (χ0n) is 10.3. The van der Waals surface area contributed by atoms with E-state index in [-0.39, 0.29) is 5.78 Å². The van der Waals surface area contributed by atoms with Gasteiger partial charge in [-0.15, -0.1) is 0 Å². The summed E-state index contributed by atoms with van der Waals surface area (Å²) in [6.45, 7) is 1.74. The number of carbonyl (C=O) groups excluding carboxylic acids is 1. The van der Waals surface area contributed by atoms with Crippen LogP contribution < -0.4 is 4.74 Å². The van der Waals surface area contributed by atoms with Crippen molar-refractivity contribution in [3.05, 3.63) is 62.7 Å². The molecule has 0 aliphatic carbocycles. The molecule has 0 saturated heterocycles. The minimum absolute atomic E-state index is 0.0600. The van der Waals surface area contributed by atoms with Crippen LogP contribution in [0.2, 0.25) is 5.02 Å². The van der Waals surface area contributed by atoms with E-state index >= 15 is 0 Å². The fourth-order valence-corrected chi connectivity index (χ4v) is 2.11. The molecule has 2 aromatic carbocycles. The maximum atomic E-state index is 12.2. The average molecular weight is 387 g/mol. The van der Waals surface area contributed by atoms with Crippen molar-refractivity contribution < 1.29 is 9.53 Å². The maximum absolute atomic E-state index is 12.2. The highest BCUT2D eigenvalue weighted by Gasteiger charge is 2.16. The molecule has 0 aromatic heterocycles. The quantitative estimate of drug-likeness (QED) is 0.567. The zero-order valence-corrected chi connectivity index (χ0v) is 13.2. The standard InChI is InChI=1S/C15H12ClIO2/c1-10(19-14-8-6-13(17)7-9-14)15(18)11-2-4-12(16)5-3-11/h2-10H,1H3/t10-/m1/s1. The Labute approximate surface area is 130 Å². The normalized spacial score (nSPS) is 11.9. The van der Waals surface area contributed by atoms with Crippen LogP contribution in [0, 0.1) is 3.57 Å². The van der Waals surface area contributed by atoms with E-state index in [2.05, 4.69) is 22.6 Å². The van der Waals surface area contributed by atoms with E-state index in [0.29, 0.717) is 16.3 Å². The smallest absolute Gasteiger partial charge is 0.202 e. The maximum Gasteiger partial charge on any atom is 0.202 e. The number of halogens is 2. The van der Waals surface area contributed by atoms with E-state index in [9.17, 15) is 4.79 Å². The number of Topliss-reactive ketones (excluding diaryl/α,β-unsaturated/α-hetero) is 1. The Kier molecular flexibility index (Phi) is 4.82. The van der Waals surface area contributed by atoms with E-state index in [1.54, 1.807) is 31.2 Å². The van der Waals surface area contributed by atoms with Gasteiger partial charge in [0, 0.05) is 14.2 Å². The lowest BCUT2D eigenvalue weighted by Gasteiger charge is -2.13. The van der Waals surface area contributed by atoms with E-state index in [1.807, 2.05) is 24.3 Å². The van der Waals surface area contributed by atoms with E-state index in [0.717, 1.165) is 3.57 Å². The first-order valence-corrected chi connectivity index (χ1v) is 7.24. The summed E-state index contributed by atoms with van der Waals surface area (Å²) in [4.78, 5) is 12.2. The van der Waals surface area contributed by atoms with Gasteiger partial charge in [0.1, 0.15) is 5.75 Å². The van der Waals surface area contributed by atoms with Crippen LogP contribution in [-0.4, -0.2) is 11.9 Å². The monoisotopic (exact) mass is 386 g/mol. The van der Waals surface area contributed by atoms with Gasteiger partial charge in [-0.2, -0.15) is 0 Å². The van der Waals surface area contributed by atoms with Crippen LogP contribution in [0.15, 0.2) is 48.5 Å². The number of ketones is 1. The Balaban J connectivity index is 2.07. The van der Waals surface area contributed by atoms with Crippen molar-refractivity contribution >= 4 is 40.0 Å². The molecule has 0 saturated carbocycles. The van der Waals surface area contributed by atoms with Gasteiger partial charge in [0.15, 0.2) is 6.10 Å². The van der Waals surface area contributed by atoms with Gasteiger partial charge in [0.2, 0.25) is 5.78 Å². The fourth-order valence-electron chi connectivity index (χ4n) is 1.62. The van der Waals surface area contributed by atoms with Crippen LogP contribution >= 0.6 is 34.2 Å². The topological polar surface area (TPSA) is 26.3 Å². The number of hydrogen-bond acceptors (Lipinski definition) is 2. The first-order valence-electron chi connectivity index (χ1n) is 5.78. The Bertz CT molecular complexity index is 564. The fraction of sp³-hybridized carbons (Fsp3) is 0.133. The molecule has 0 radical (unpaired) electrons. The average Bonchev–Trinajstić information content (AvgIpc) is 2.41. The number of carbonyl (C=O) groups is 1. The Hall–Kier alpha value is -1.07. The molecule has 2 nitrogen and oxygen atoms in total. The molecule has 0 heterocycles. The molecule has 4 heteroatoms. The van der Waals surface area contributed by atoms with Crippen molar-refractivity contribution in [1.29, 1.82) is 0 Å². The van der Waals surface area contributed by atoms with Crippen LogP contribution in [-0.2, 0) is 0 Å². The molecule has 0 N–H and O–H groups in total. The van der Waals surface area contributed by atoms with Crippen molar-refractivity contribution in [1.82, 2.24) is 0 Å². The van der Waals surface area contributed by atoms with Crippen molar-refractivity contribution in [2.75, 3.05) is 0 Å². The second-order valence-corrected chi connectivity index (χ2v) is 5.77. The molecule has 19 heavy (non-hydrogen) atoms. The summed E-state index contributed by atoms with van der Waals surface area (Å²) in [5.41, 5.74) is 0.599. The molecular formula is C15H12ClIO2. The van der Waals surface area contributed by atoms with Gasteiger partial charge in [-0.1, -0.05) is 11.6 Å². The van der Waals surface area contributed by atoms with Crippen LogP contribution in [0.25, 0.3) is 0 Å². The molecular weight excluding hydrogens is 375 g/mol. The lowest BCUT2D eigenvalue weighted by Crippen LogP contribution is -2.23. The van der Waals surface area contributed by atoms with Gasteiger partial charge in [0.25, 0.3) is 0 Å². The Morgan fingerprint density at radius 2 is 1.68 bits per heavy atom. The molecule has 0 fully saturated rings. The summed E-state index contributed by atoms with van der Waals surface area (Å²) in [6.07, 6.45) is -0.527. The second-order valence-electron chi connectivity index (χ2n) is 4.09. The SMILES string of the molecule is C[C@@H](Oc1ccc(I)cc1)C(=O)c1ccc(Cl)cc1. The van der Waals surface area contributed by atoms with Gasteiger partial charge in [-0.3, -0.25) is 4.79 Å². The van der Waals surface area contributed by atoms with Crippen molar-refractivity contribution in [2.24, 2.45) is 0 Å². The number of rotatable bonds is 4. The van der Waals surface area contributed by atoms with Crippen molar-refractivity contribution in [2.45, 2.75) is 13.0 Å². The lowest BCUT2D eigenvalue weighted by atomic mass is 10.1. The summed E-state index contributed by atoms with van der Waals surface area (Å²) in [5, 5.41) is 0.614. The molecule has 0 aliphatic rings. The predicted octanol–water partition coefficient (Wildman–Crippen LogP) is 4.59. The number of hydrogen-bond donors (Lipinski definition) is 0. The summed E-state index contributed by atoms with van der Waals surface area (Å²) in [5.74, 6) is 0.630. The van der Waals surface area contributed by atoms with Crippen molar-refractivity contribution in [3.63, 3.8) is 0 Å². The summed E-state index contributed by atoms with van der Waals surface area (Å²) in [6, 6.07) is 14.4. The van der Waals surface area contributed by atoms with Crippen molar-refractivity contribution in [3.8, 4) is 5.75 Å². The Morgan fingerprint density at radius 1 is 1.11 bits per heavy atom. The number of benzene rings is 2. The third-order valence-corrected chi connectivity index (χ3v) is 3.60. The first-order chi connectivity index (χ1) is 9.06. The molecule has 0 amide bonds. The lowest BCUT2D eigenvalue weighted by molar-refractivity contribution is 0.0818. The largest absolute Gasteiger partial charge is 0.483 e. The summed E-state index contributed by atoms with van der Waals surface area (Å²) >= 11 is 8.02. The van der Waals surface area contributed by atoms with Gasteiger partial charge < -0.3 is 4.74 Å². The summed E-state index contributed by atoms with van der Waals surface area (Å²) < 4.78 is 6.76. The van der Waals surface area contributed by atoms with Gasteiger partial charge in [0.05, 0.1) is 0 Å².